The van der Waals surface area contributed by atoms with Crippen molar-refractivity contribution >= 4 is 17.3 Å². The molecule has 1 N–H and O–H groups in total. The van der Waals surface area contributed by atoms with Gasteiger partial charge in [-0.05, 0) is 18.7 Å². The van der Waals surface area contributed by atoms with Gasteiger partial charge in [0.15, 0.2) is 0 Å². The number of hydrogen-bond acceptors (Lipinski definition) is 3. The van der Waals surface area contributed by atoms with E-state index in [1.54, 1.807) is 0 Å². The Morgan fingerprint density at radius 3 is 2.53 bits per heavy atom. The quantitative estimate of drug-likeness (QED) is 0.894. The standard InChI is InChI=1S/C13H19ClN2O/c1-2-15-5-7-16(8-6-15)13-9-12(14)4-3-11(13)10-17/h3-4,9,17H,2,5-8,10H2,1H3. The predicted octanol–water partition coefficient (Wildman–Crippen LogP) is 1.97. The summed E-state index contributed by atoms with van der Waals surface area (Å²) in [6.45, 7) is 7.52. The van der Waals surface area contributed by atoms with Gasteiger partial charge in [-0.2, -0.15) is 0 Å². The van der Waals surface area contributed by atoms with Crippen LogP contribution in [-0.4, -0.2) is 42.7 Å². The average molecular weight is 255 g/mol. The summed E-state index contributed by atoms with van der Waals surface area (Å²) >= 11 is 6.03. The number of aliphatic hydroxyl groups is 1. The number of piperazine rings is 1. The van der Waals surface area contributed by atoms with E-state index in [0.717, 1.165) is 49.0 Å². The molecule has 0 unspecified atom stereocenters. The first-order valence-electron chi connectivity index (χ1n) is 6.11. The highest BCUT2D eigenvalue weighted by Crippen LogP contribution is 2.26. The Morgan fingerprint density at radius 1 is 1.24 bits per heavy atom. The van der Waals surface area contributed by atoms with Crippen LogP contribution in [0.2, 0.25) is 5.02 Å². The molecule has 0 aliphatic carbocycles. The molecular formula is C13H19ClN2O. The molecule has 0 bridgehead atoms. The van der Waals surface area contributed by atoms with E-state index in [0.29, 0.717) is 0 Å². The minimum Gasteiger partial charge on any atom is -0.392 e. The molecule has 17 heavy (non-hydrogen) atoms. The van der Waals surface area contributed by atoms with Gasteiger partial charge in [-0.25, -0.2) is 0 Å². The van der Waals surface area contributed by atoms with E-state index in [-0.39, 0.29) is 6.61 Å². The van der Waals surface area contributed by atoms with Gasteiger partial charge < -0.3 is 14.9 Å². The van der Waals surface area contributed by atoms with Crippen molar-refractivity contribution in [2.45, 2.75) is 13.5 Å². The van der Waals surface area contributed by atoms with Gasteiger partial charge in [0.25, 0.3) is 0 Å². The van der Waals surface area contributed by atoms with Gasteiger partial charge in [0, 0.05) is 42.5 Å². The highest BCUT2D eigenvalue weighted by molar-refractivity contribution is 6.30. The van der Waals surface area contributed by atoms with Crippen LogP contribution in [0.4, 0.5) is 5.69 Å². The van der Waals surface area contributed by atoms with E-state index in [9.17, 15) is 5.11 Å². The SMILES string of the molecule is CCN1CCN(c2cc(Cl)ccc2CO)CC1. The minimum absolute atomic E-state index is 0.0699. The van der Waals surface area contributed by atoms with Gasteiger partial charge in [0.05, 0.1) is 6.61 Å². The summed E-state index contributed by atoms with van der Waals surface area (Å²) in [5, 5.41) is 10.1. The van der Waals surface area contributed by atoms with Gasteiger partial charge >= 0.3 is 0 Å². The second-order valence-corrected chi connectivity index (χ2v) is 4.79. The Morgan fingerprint density at radius 2 is 1.94 bits per heavy atom. The van der Waals surface area contributed by atoms with Crippen molar-refractivity contribution in [3.63, 3.8) is 0 Å². The van der Waals surface area contributed by atoms with Crippen LogP contribution in [0.5, 0.6) is 0 Å². The molecule has 0 atom stereocenters. The van der Waals surface area contributed by atoms with E-state index >= 15 is 0 Å². The summed E-state index contributed by atoms with van der Waals surface area (Å²) in [6.07, 6.45) is 0. The molecular weight excluding hydrogens is 236 g/mol. The molecule has 0 radical (unpaired) electrons. The monoisotopic (exact) mass is 254 g/mol. The van der Waals surface area contributed by atoms with E-state index in [1.165, 1.54) is 0 Å². The molecule has 1 fully saturated rings. The van der Waals surface area contributed by atoms with Gasteiger partial charge in [-0.15, -0.1) is 0 Å². The lowest BCUT2D eigenvalue weighted by molar-refractivity contribution is 0.267. The molecule has 1 aromatic rings. The number of nitrogens with zero attached hydrogens (tertiary/aromatic N) is 2. The number of anilines is 1. The lowest BCUT2D eigenvalue weighted by Crippen LogP contribution is -2.46. The highest BCUT2D eigenvalue weighted by Gasteiger charge is 2.18. The van der Waals surface area contributed by atoms with E-state index in [2.05, 4.69) is 16.7 Å². The van der Waals surface area contributed by atoms with Crippen molar-refractivity contribution in [3.8, 4) is 0 Å². The molecule has 0 spiro atoms. The maximum atomic E-state index is 9.36. The van der Waals surface area contributed by atoms with Crippen LogP contribution in [0, 0.1) is 0 Å². The van der Waals surface area contributed by atoms with Crippen LogP contribution in [0.25, 0.3) is 0 Å². The molecule has 1 aliphatic heterocycles. The molecule has 1 saturated heterocycles. The third kappa shape index (κ3) is 2.92. The number of likely N-dealkylation sites (N-methyl/N-ethyl adjacent to an activating group) is 1. The second-order valence-electron chi connectivity index (χ2n) is 4.35. The van der Waals surface area contributed by atoms with Crippen LogP contribution < -0.4 is 4.90 Å². The lowest BCUT2D eigenvalue weighted by Gasteiger charge is -2.36. The smallest absolute Gasteiger partial charge is 0.0702 e. The molecule has 0 aromatic heterocycles. The van der Waals surface area contributed by atoms with Crippen LogP contribution >= 0.6 is 11.6 Å². The summed E-state index contributed by atoms with van der Waals surface area (Å²) in [5.74, 6) is 0. The van der Waals surface area contributed by atoms with Crippen molar-refractivity contribution in [2.24, 2.45) is 0 Å². The Hall–Kier alpha value is -0.770. The fourth-order valence-corrected chi connectivity index (χ4v) is 2.44. The van der Waals surface area contributed by atoms with Crippen molar-refractivity contribution in [1.82, 2.24) is 4.90 Å². The first-order chi connectivity index (χ1) is 8.24. The first kappa shape index (κ1) is 12.7. The van der Waals surface area contributed by atoms with Gasteiger partial charge in [-0.1, -0.05) is 24.6 Å². The number of hydrogen-bond donors (Lipinski definition) is 1. The fourth-order valence-electron chi connectivity index (χ4n) is 2.27. The maximum absolute atomic E-state index is 9.36. The second kappa shape index (κ2) is 5.71. The summed E-state index contributed by atoms with van der Waals surface area (Å²) in [7, 11) is 0. The molecule has 1 aromatic carbocycles. The zero-order valence-corrected chi connectivity index (χ0v) is 11.0. The van der Waals surface area contributed by atoms with Crippen molar-refractivity contribution in [2.75, 3.05) is 37.6 Å². The first-order valence-corrected chi connectivity index (χ1v) is 6.49. The number of rotatable bonds is 3. The maximum Gasteiger partial charge on any atom is 0.0702 e. The minimum atomic E-state index is 0.0699. The van der Waals surface area contributed by atoms with E-state index in [4.69, 9.17) is 11.6 Å². The zero-order valence-electron chi connectivity index (χ0n) is 10.2. The third-order valence-electron chi connectivity index (χ3n) is 3.38. The summed E-state index contributed by atoms with van der Waals surface area (Å²) in [5.41, 5.74) is 2.04. The van der Waals surface area contributed by atoms with Gasteiger partial charge in [-0.3, -0.25) is 0 Å². The molecule has 2 rings (SSSR count). The summed E-state index contributed by atoms with van der Waals surface area (Å²) in [4.78, 5) is 4.74. The molecule has 1 heterocycles. The molecule has 1 aliphatic rings. The Bertz CT molecular complexity index is 376. The normalized spacial score (nSPS) is 17.5. The summed E-state index contributed by atoms with van der Waals surface area (Å²) < 4.78 is 0. The number of aliphatic hydroxyl groups excluding tert-OH is 1. The van der Waals surface area contributed by atoms with Crippen LogP contribution in [0.15, 0.2) is 18.2 Å². The van der Waals surface area contributed by atoms with E-state index < -0.39 is 0 Å². The number of halogens is 1. The Labute approximate surface area is 108 Å². The molecule has 94 valence electrons. The van der Waals surface area contributed by atoms with Crippen LogP contribution in [-0.2, 0) is 6.61 Å². The average Bonchev–Trinajstić information content (AvgIpc) is 2.39. The largest absolute Gasteiger partial charge is 0.392 e. The van der Waals surface area contributed by atoms with E-state index in [1.807, 2.05) is 18.2 Å². The van der Waals surface area contributed by atoms with Crippen LogP contribution in [0.1, 0.15) is 12.5 Å². The predicted molar refractivity (Wildman–Crippen MR) is 71.7 cm³/mol. The van der Waals surface area contributed by atoms with Gasteiger partial charge in [0.1, 0.15) is 0 Å². The van der Waals surface area contributed by atoms with Crippen molar-refractivity contribution in [1.29, 1.82) is 0 Å². The molecule has 3 nitrogen and oxygen atoms in total. The Balaban J connectivity index is 2.14. The van der Waals surface area contributed by atoms with Crippen LogP contribution in [0.3, 0.4) is 0 Å². The zero-order chi connectivity index (χ0) is 12.3. The molecule has 0 saturated carbocycles. The topological polar surface area (TPSA) is 26.7 Å². The highest BCUT2D eigenvalue weighted by atomic mass is 35.5. The van der Waals surface area contributed by atoms with Crippen molar-refractivity contribution in [3.05, 3.63) is 28.8 Å². The van der Waals surface area contributed by atoms with Gasteiger partial charge in [0.2, 0.25) is 0 Å². The molecule has 4 heteroatoms. The molecule has 0 amide bonds. The Kier molecular flexibility index (Phi) is 4.26. The third-order valence-corrected chi connectivity index (χ3v) is 3.61. The number of benzene rings is 1. The summed E-state index contributed by atoms with van der Waals surface area (Å²) in [6, 6.07) is 5.69. The van der Waals surface area contributed by atoms with Crippen molar-refractivity contribution < 1.29 is 5.11 Å². The lowest BCUT2D eigenvalue weighted by atomic mass is 10.1. The fraction of sp³-hybridized carbons (Fsp3) is 0.538.